The summed E-state index contributed by atoms with van der Waals surface area (Å²) in [6.07, 6.45) is 2.40. The van der Waals surface area contributed by atoms with E-state index < -0.39 is 0 Å². The number of carbonyl (C=O) groups is 2. The molecule has 0 aromatic carbocycles. The first-order valence-electron chi connectivity index (χ1n) is 6.21. The highest BCUT2D eigenvalue weighted by molar-refractivity contribution is 5.87. The van der Waals surface area contributed by atoms with Crippen LogP contribution >= 0.6 is 0 Å². The van der Waals surface area contributed by atoms with Gasteiger partial charge in [-0.1, -0.05) is 13.2 Å². The van der Waals surface area contributed by atoms with E-state index in [0.29, 0.717) is 24.4 Å². The Morgan fingerprint density at radius 1 is 1.16 bits per heavy atom. The van der Waals surface area contributed by atoms with Crippen LogP contribution in [-0.4, -0.2) is 37.4 Å². The molecule has 5 nitrogen and oxygen atoms in total. The third kappa shape index (κ3) is 7.41. The first kappa shape index (κ1) is 15.4. The molecule has 1 aliphatic heterocycles. The lowest BCUT2D eigenvalue weighted by molar-refractivity contribution is -0.140. The third-order valence-corrected chi connectivity index (χ3v) is 2.30. The Morgan fingerprint density at radius 3 is 2.05 bits per heavy atom. The summed E-state index contributed by atoms with van der Waals surface area (Å²) < 4.78 is 14.5. The summed E-state index contributed by atoms with van der Waals surface area (Å²) in [6, 6.07) is 0. The maximum Gasteiger partial charge on any atom is 0.333 e. The summed E-state index contributed by atoms with van der Waals surface area (Å²) >= 11 is 0. The average molecular weight is 268 g/mol. The Labute approximate surface area is 113 Å². The van der Waals surface area contributed by atoms with Crippen LogP contribution in [0.2, 0.25) is 0 Å². The highest BCUT2D eigenvalue weighted by atomic mass is 16.6. The Hall–Kier alpha value is -1.62. The molecule has 0 radical (unpaired) electrons. The summed E-state index contributed by atoms with van der Waals surface area (Å²) in [5, 5.41) is 0. The Bertz CT molecular complexity index is 377. The lowest BCUT2D eigenvalue weighted by Gasteiger charge is -1.99. The van der Waals surface area contributed by atoms with Gasteiger partial charge in [0.05, 0.1) is 6.61 Å². The van der Waals surface area contributed by atoms with Crippen LogP contribution in [0.1, 0.15) is 26.7 Å². The molecule has 106 valence electrons. The molecule has 1 saturated heterocycles. The Morgan fingerprint density at radius 2 is 1.68 bits per heavy atom. The van der Waals surface area contributed by atoms with Crippen molar-refractivity contribution in [1.82, 2.24) is 0 Å². The summed E-state index contributed by atoms with van der Waals surface area (Å²) in [5.74, 6) is -0.590. The smallest absolute Gasteiger partial charge is 0.333 e. The van der Waals surface area contributed by atoms with Gasteiger partial charge >= 0.3 is 11.9 Å². The summed E-state index contributed by atoms with van der Waals surface area (Å²) in [5.41, 5.74) is 0.919. The standard InChI is InChI=1S/C7H10O3.C7H10O2/c1-5(2)7(8)10-4-6-3-9-6;1-5(2)7(8)9-6-3-4-6/h6H,1,3-4H2,2H3;6H,1,3-4H2,2H3. The van der Waals surface area contributed by atoms with Crippen molar-refractivity contribution in [3.8, 4) is 0 Å². The van der Waals surface area contributed by atoms with Crippen LogP contribution in [0.5, 0.6) is 0 Å². The minimum Gasteiger partial charge on any atom is -0.459 e. The van der Waals surface area contributed by atoms with Crippen molar-refractivity contribution in [3.05, 3.63) is 24.3 Å². The molecular weight excluding hydrogens is 248 g/mol. The van der Waals surface area contributed by atoms with Crippen LogP contribution < -0.4 is 0 Å². The van der Waals surface area contributed by atoms with Gasteiger partial charge < -0.3 is 14.2 Å². The van der Waals surface area contributed by atoms with Crippen LogP contribution in [0.15, 0.2) is 24.3 Å². The van der Waals surface area contributed by atoms with E-state index >= 15 is 0 Å². The van der Waals surface area contributed by atoms with Crippen LogP contribution in [0.3, 0.4) is 0 Å². The second-order valence-corrected chi connectivity index (χ2v) is 4.72. The molecule has 0 aromatic heterocycles. The Kier molecular flexibility index (Phi) is 5.76. The van der Waals surface area contributed by atoms with Gasteiger partial charge in [0.15, 0.2) is 0 Å². The quantitative estimate of drug-likeness (QED) is 0.432. The molecule has 0 amide bonds. The summed E-state index contributed by atoms with van der Waals surface area (Å²) in [6.45, 7) is 11.3. The first-order valence-corrected chi connectivity index (χ1v) is 6.21. The molecule has 1 unspecified atom stereocenters. The van der Waals surface area contributed by atoms with E-state index in [2.05, 4.69) is 13.2 Å². The summed E-state index contributed by atoms with van der Waals surface area (Å²) in [7, 11) is 0. The van der Waals surface area contributed by atoms with E-state index in [1.54, 1.807) is 13.8 Å². The van der Waals surface area contributed by atoms with E-state index in [1.807, 2.05) is 0 Å². The Balaban J connectivity index is 0.000000191. The fourth-order valence-electron chi connectivity index (χ4n) is 0.894. The van der Waals surface area contributed by atoms with Gasteiger partial charge in [0, 0.05) is 11.1 Å². The number of hydrogen-bond donors (Lipinski definition) is 0. The maximum absolute atomic E-state index is 10.7. The predicted octanol–water partition coefficient (Wildman–Crippen LogP) is 1.77. The maximum atomic E-state index is 10.7. The second kappa shape index (κ2) is 7.09. The fourth-order valence-corrected chi connectivity index (χ4v) is 0.894. The zero-order valence-corrected chi connectivity index (χ0v) is 11.4. The van der Waals surface area contributed by atoms with Gasteiger partial charge in [0.1, 0.15) is 18.8 Å². The lowest BCUT2D eigenvalue weighted by Crippen LogP contribution is -2.09. The lowest BCUT2D eigenvalue weighted by atomic mass is 10.4. The number of carbonyl (C=O) groups excluding carboxylic acids is 2. The fraction of sp³-hybridized carbons (Fsp3) is 0.571. The minimum atomic E-state index is -0.337. The molecule has 0 N–H and O–H groups in total. The topological polar surface area (TPSA) is 65.1 Å². The van der Waals surface area contributed by atoms with Crippen molar-refractivity contribution in [2.75, 3.05) is 13.2 Å². The predicted molar refractivity (Wildman–Crippen MR) is 69.4 cm³/mol. The van der Waals surface area contributed by atoms with E-state index in [4.69, 9.17) is 14.2 Å². The van der Waals surface area contributed by atoms with Gasteiger partial charge in [0.25, 0.3) is 0 Å². The molecule has 1 saturated carbocycles. The molecule has 2 aliphatic rings. The van der Waals surface area contributed by atoms with E-state index in [0.717, 1.165) is 12.8 Å². The summed E-state index contributed by atoms with van der Waals surface area (Å²) in [4.78, 5) is 21.4. The van der Waals surface area contributed by atoms with Crippen molar-refractivity contribution < 1.29 is 23.8 Å². The molecule has 1 aliphatic carbocycles. The van der Waals surface area contributed by atoms with Crippen LogP contribution in [0.25, 0.3) is 0 Å². The van der Waals surface area contributed by atoms with Crippen LogP contribution in [0.4, 0.5) is 0 Å². The zero-order valence-electron chi connectivity index (χ0n) is 11.4. The molecule has 0 spiro atoms. The van der Waals surface area contributed by atoms with E-state index in [1.165, 1.54) is 0 Å². The number of epoxide rings is 1. The molecule has 1 heterocycles. The van der Waals surface area contributed by atoms with E-state index in [-0.39, 0.29) is 24.1 Å². The second-order valence-electron chi connectivity index (χ2n) is 4.72. The van der Waals surface area contributed by atoms with Crippen molar-refractivity contribution >= 4 is 11.9 Å². The minimum absolute atomic E-state index is 0.142. The van der Waals surface area contributed by atoms with Gasteiger partial charge in [-0.05, 0) is 26.7 Å². The largest absolute Gasteiger partial charge is 0.459 e. The molecule has 0 aromatic rings. The van der Waals surface area contributed by atoms with Crippen molar-refractivity contribution in [3.63, 3.8) is 0 Å². The monoisotopic (exact) mass is 268 g/mol. The molecule has 0 bridgehead atoms. The molecule has 1 atom stereocenters. The van der Waals surface area contributed by atoms with Crippen molar-refractivity contribution in [2.24, 2.45) is 0 Å². The SMILES string of the molecule is C=C(C)C(=O)OC1CC1.C=C(C)C(=O)OCC1CO1. The molecule has 2 fully saturated rings. The van der Waals surface area contributed by atoms with Gasteiger partial charge in [0.2, 0.25) is 0 Å². The van der Waals surface area contributed by atoms with Crippen LogP contribution in [0, 0.1) is 0 Å². The van der Waals surface area contributed by atoms with Crippen molar-refractivity contribution in [1.29, 1.82) is 0 Å². The number of hydrogen-bond acceptors (Lipinski definition) is 5. The van der Waals surface area contributed by atoms with Gasteiger partial charge in [-0.15, -0.1) is 0 Å². The number of ether oxygens (including phenoxy) is 3. The number of esters is 2. The zero-order chi connectivity index (χ0) is 14.4. The highest BCUT2D eigenvalue weighted by Gasteiger charge is 2.25. The number of rotatable bonds is 5. The van der Waals surface area contributed by atoms with Crippen LogP contribution in [-0.2, 0) is 23.8 Å². The molecular formula is C14H20O5. The van der Waals surface area contributed by atoms with Gasteiger partial charge in [-0.3, -0.25) is 0 Å². The van der Waals surface area contributed by atoms with Gasteiger partial charge in [-0.2, -0.15) is 0 Å². The molecule has 5 heteroatoms. The normalized spacial score (nSPS) is 19.6. The first-order chi connectivity index (χ1) is 8.90. The molecule has 2 rings (SSSR count). The van der Waals surface area contributed by atoms with E-state index in [9.17, 15) is 9.59 Å². The van der Waals surface area contributed by atoms with Gasteiger partial charge in [-0.25, -0.2) is 9.59 Å². The van der Waals surface area contributed by atoms with Crippen molar-refractivity contribution in [2.45, 2.75) is 38.9 Å². The average Bonchev–Trinajstić information content (AvgIpc) is 3.20. The highest BCUT2D eigenvalue weighted by Crippen LogP contribution is 2.24. The molecule has 19 heavy (non-hydrogen) atoms. The third-order valence-electron chi connectivity index (χ3n) is 2.30.